The zero-order chi connectivity index (χ0) is 15.8. The van der Waals surface area contributed by atoms with E-state index in [-0.39, 0.29) is 12.4 Å². The fourth-order valence-electron chi connectivity index (χ4n) is 3.18. The molecule has 2 aliphatic heterocycles. The number of rotatable bonds is 0. The molecule has 24 heavy (non-hydrogen) atoms. The number of nitrogens with zero attached hydrogens (tertiary/aromatic N) is 2. The van der Waals surface area contributed by atoms with Crippen LogP contribution in [0.5, 0.6) is 0 Å². The Morgan fingerprint density at radius 1 is 1.08 bits per heavy atom. The van der Waals surface area contributed by atoms with E-state index in [9.17, 15) is 0 Å². The van der Waals surface area contributed by atoms with Crippen molar-refractivity contribution >= 4 is 47.5 Å². The molecular formula is C18H18Cl3N3. The maximum absolute atomic E-state index is 6.49. The van der Waals surface area contributed by atoms with Crippen LogP contribution in [0.1, 0.15) is 17.5 Å². The molecule has 0 radical (unpaired) electrons. The summed E-state index contributed by atoms with van der Waals surface area (Å²) in [6.45, 7) is 3.82. The minimum atomic E-state index is 0. The Morgan fingerprint density at radius 3 is 2.67 bits per heavy atom. The number of piperazine rings is 1. The quantitative estimate of drug-likeness (QED) is 0.727. The number of allylic oxidation sites excluding steroid dienone is 4. The molecule has 2 heterocycles. The summed E-state index contributed by atoms with van der Waals surface area (Å²) in [5.74, 6) is 0.993. The van der Waals surface area contributed by atoms with Crippen molar-refractivity contribution in [2.45, 2.75) is 6.42 Å². The van der Waals surface area contributed by atoms with E-state index < -0.39 is 0 Å². The molecule has 3 nitrogen and oxygen atoms in total. The van der Waals surface area contributed by atoms with E-state index >= 15 is 0 Å². The Kier molecular flexibility index (Phi) is 5.36. The zero-order valence-corrected chi connectivity index (χ0v) is 15.4. The molecule has 6 heteroatoms. The molecule has 126 valence electrons. The fraction of sp³-hybridized carbons (Fsp3) is 0.278. The van der Waals surface area contributed by atoms with Gasteiger partial charge in [-0.1, -0.05) is 41.4 Å². The first kappa shape index (κ1) is 17.6. The van der Waals surface area contributed by atoms with E-state index in [0.29, 0.717) is 0 Å². The van der Waals surface area contributed by atoms with Gasteiger partial charge in [0.05, 0.1) is 5.70 Å². The predicted molar refractivity (Wildman–Crippen MR) is 104 cm³/mol. The third-order valence-corrected chi connectivity index (χ3v) is 4.97. The van der Waals surface area contributed by atoms with Crippen molar-refractivity contribution in [2.75, 3.05) is 26.2 Å². The highest BCUT2D eigenvalue weighted by Gasteiger charge is 2.24. The molecule has 0 bridgehead atoms. The molecular weight excluding hydrogens is 365 g/mol. The Hall–Kier alpha value is -1.26. The van der Waals surface area contributed by atoms with Crippen molar-refractivity contribution < 1.29 is 0 Å². The molecule has 1 fully saturated rings. The molecule has 0 amide bonds. The monoisotopic (exact) mass is 381 g/mol. The summed E-state index contributed by atoms with van der Waals surface area (Å²) in [5, 5.41) is 4.90. The standard InChI is InChI=1S/C18H17Cl2N3.ClH/c19-13-5-4-12-10-15-14(2-1-3-16(15)20)18(22-17(12)11-13)23-8-6-21-7-9-23;/h1-3,5,10-11,21H,4,6-9H2;1H. The second-order valence-corrected chi connectivity index (χ2v) is 6.71. The lowest BCUT2D eigenvalue weighted by Crippen LogP contribution is -2.46. The maximum atomic E-state index is 6.49. The second-order valence-electron chi connectivity index (χ2n) is 5.87. The van der Waals surface area contributed by atoms with Gasteiger partial charge in [-0.2, -0.15) is 0 Å². The van der Waals surface area contributed by atoms with Gasteiger partial charge in [0.25, 0.3) is 0 Å². The Morgan fingerprint density at radius 2 is 1.88 bits per heavy atom. The molecule has 1 N–H and O–H groups in total. The number of amidine groups is 1. The number of hydrogen-bond donors (Lipinski definition) is 1. The molecule has 1 aliphatic carbocycles. The van der Waals surface area contributed by atoms with E-state index in [0.717, 1.165) is 70.9 Å². The largest absolute Gasteiger partial charge is 0.354 e. The molecule has 1 saturated heterocycles. The van der Waals surface area contributed by atoms with E-state index in [2.05, 4.69) is 22.4 Å². The van der Waals surface area contributed by atoms with Crippen LogP contribution in [0.2, 0.25) is 5.02 Å². The summed E-state index contributed by atoms with van der Waals surface area (Å²) in [6, 6.07) is 6.03. The number of hydrogen-bond acceptors (Lipinski definition) is 3. The van der Waals surface area contributed by atoms with Crippen LogP contribution in [0.25, 0.3) is 6.08 Å². The highest BCUT2D eigenvalue weighted by atomic mass is 35.5. The summed E-state index contributed by atoms with van der Waals surface area (Å²) >= 11 is 12.7. The fourth-order valence-corrected chi connectivity index (χ4v) is 3.59. The van der Waals surface area contributed by atoms with Crippen LogP contribution in [-0.2, 0) is 0 Å². The van der Waals surface area contributed by atoms with Crippen LogP contribution < -0.4 is 5.32 Å². The molecule has 0 atom stereocenters. The first-order chi connectivity index (χ1) is 11.2. The number of fused-ring (bicyclic) bond motifs is 2. The molecule has 0 unspecified atom stereocenters. The van der Waals surface area contributed by atoms with Gasteiger partial charge < -0.3 is 10.2 Å². The topological polar surface area (TPSA) is 27.6 Å². The molecule has 3 aliphatic rings. The van der Waals surface area contributed by atoms with Gasteiger partial charge >= 0.3 is 0 Å². The lowest BCUT2D eigenvalue weighted by atomic mass is 9.99. The minimum absolute atomic E-state index is 0. The van der Waals surface area contributed by atoms with Crippen molar-refractivity contribution in [3.05, 3.63) is 62.8 Å². The van der Waals surface area contributed by atoms with Crippen LogP contribution in [0.3, 0.4) is 0 Å². The highest BCUT2D eigenvalue weighted by molar-refractivity contribution is 6.33. The van der Waals surface area contributed by atoms with Crippen molar-refractivity contribution in [2.24, 2.45) is 4.99 Å². The van der Waals surface area contributed by atoms with Gasteiger partial charge in [0.1, 0.15) is 5.84 Å². The summed E-state index contributed by atoms with van der Waals surface area (Å²) < 4.78 is 0. The van der Waals surface area contributed by atoms with Crippen molar-refractivity contribution in [3.8, 4) is 0 Å². The van der Waals surface area contributed by atoms with Gasteiger partial charge in [0.2, 0.25) is 0 Å². The van der Waals surface area contributed by atoms with Gasteiger partial charge in [-0.3, -0.25) is 0 Å². The molecule has 1 aromatic carbocycles. The SMILES string of the molecule is Cl.ClC1=CCC2=Cc3c(Cl)cccc3C(N3CCNCC3)=NC2=C1. The minimum Gasteiger partial charge on any atom is -0.354 e. The summed E-state index contributed by atoms with van der Waals surface area (Å²) in [6.07, 6.45) is 6.90. The van der Waals surface area contributed by atoms with Gasteiger partial charge in [-0.05, 0) is 30.2 Å². The molecule has 0 spiro atoms. The molecule has 0 aromatic heterocycles. The van der Waals surface area contributed by atoms with Crippen LogP contribution in [0, 0.1) is 0 Å². The first-order valence-electron chi connectivity index (χ1n) is 7.84. The lowest BCUT2D eigenvalue weighted by molar-refractivity contribution is 0.358. The third-order valence-electron chi connectivity index (χ3n) is 4.38. The van der Waals surface area contributed by atoms with Gasteiger partial charge in [0.15, 0.2) is 0 Å². The van der Waals surface area contributed by atoms with Crippen molar-refractivity contribution in [3.63, 3.8) is 0 Å². The number of aliphatic imine (C=N–C) groups is 1. The average molecular weight is 383 g/mol. The van der Waals surface area contributed by atoms with Crippen LogP contribution >= 0.6 is 35.6 Å². The Labute approximate surface area is 158 Å². The number of nitrogens with one attached hydrogen (secondary N) is 1. The Bertz CT molecular complexity index is 772. The predicted octanol–water partition coefficient (Wildman–Crippen LogP) is 4.22. The maximum Gasteiger partial charge on any atom is 0.137 e. The van der Waals surface area contributed by atoms with Crippen LogP contribution in [0.4, 0.5) is 0 Å². The van der Waals surface area contributed by atoms with Crippen LogP contribution in [-0.4, -0.2) is 36.9 Å². The highest BCUT2D eigenvalue weighted by Crippen LogP contribution is 2.35. The number of benzene rings is 1. The van der Waals surface area contributed by atoms with Gasteiger partial charge in [-0.15, -0.1) is 12.4 Å². The van der Waals surface area contributed by atoms with Crippen molar-refractivity contribution in [1.82, 2.24) is 10.2 Å². The van der Waals surface area contributed by atoms with E-state index in [1.165, 1.54) is 0 Å². The smallest absolute Gasteiger partial charge is 0.137 e. The molecule has 4 rings (SSSR count). The third kappa shape index (κ3) is 3.27. The van der Waals surface area contributed by atoms with E-state index in [4.69, 9.17) is 28.2 Å². The molecule has 1 aromatic rings. The summed E-state index contributed by atoms with van der Waals surface area (Å²) in [4.78, 5) is 7.31. The van der Waals surface area contributed by atoms with Crippen molar-refractivity contribution in [1.29, 1.82) is 0 Å². The number of halogens is 3. The Balaban J connectivity index is 0.00000169. The average Bonchev–Trinajstić information content (AvgIpc) is 2.73. The molecule has 0 saturated carbocycles. The summed E-state index contributed by atoms with van der Waals surface area (Å²) in [5.41, 5.74) is 4.25. The normalized spacial score (nSPS) is 19.7. The van der Waals surface area contributed by atoms with Gasteiger partial charge in [0, 0.05) is 47.4 Å². The first-order valence-corrected chi connectivity index (χ1v) is 8.59. The summed E-state index contributed by atoms with van der Waals surface area (Å²) in [7, 11) is 0. The van der Waals surface area contributed by atoms with Gasteiger partial charge in [-0.25, -0.2) is 4.99 Å². The second kappa shape index (κ2) is 7.32. The zero-order valence-electron chi connectivity index (χ0n) is 13.1. The lowest BCUT2D eigenvalue weighted by Gasteiger charge is -2.31. The van der Waals surface area contributed by atoms with Crippen LogP contribution in [0.15, 0.2) is 51.6 Å². The van der Waals surface area contributed by atoms with E-state index in [1.54, 1.807) is 0 Å². The van der Waals surface area contributed by atoms with E-state index in [1.807, 2.05) is 24.3 Å².